The Morgan fingerprint density at radius 1 is 0.671 bits per heavy atom. The second-order valence-electron chi connectivity index (χ2n) is 18.5. The second kappa shape index (κ2) is 17.1. The first kappa shape index (κ1) is 46.0. The van der Waals surface area contributed by atoms with Crippen LogP contribution in [0.1, 0.15) is 87.4 Å². The van der Waals surface area contributed by atoms with Gasteiger partial charge >= 0.3 is 0 Å². The summed E-state index contributed by atoms with van der Waals surface area (Å²) >= 11 is 0. The van der Waals surface area contributed by atoms with Gasteiger partial charge in [0, 0.05) is 86.1 Å². The van der Waals surface area contributed by atoms with E-state index in [1.807, 2.05) is 51.1 Å². The first-order chi connectivity index (χ1) is 35.1. The Hall–Kier alpha value is -9.46. The number of hydrogen-bond donors (Lipinski definition) is 5. The fraction of sp³-hybridized carbons (Fsp3) is 0.111. The van der Waals surface area contributed by atoms with Crippen molar-refractivity contribution in [1.82, 2.24) is 0 Å². The van der Waals surface area contributed by atoms with Crippen LogP contribution in [0, 0.1) is 19.1 Å². The van der Waals surface area contributed by atoms with Crippen molar-refractivity contribution in [3.63, 3.8) is 0 Å². The zero-order valence-corrected chi connectivity index (χ0v) is 40.5. The molecule has 0 atom stereocenters. The van der Waals surface area contributed by atoms with Crippen LogP contribution in [0.25, 0.3) is 93.5 Å². The number of carbonyl (C=O) groups excluding carboxylic acids is 4. The van der Waals surface area contributed by atoms with E-state index in [1.165, 1.54) is 37.3 Å². The molecule has 10 heteroatoms. The maximum Gasteiger partial charge on any atom is 0.265 e. The van der Waals surface area contributed by atoms with Gasteiger partial charge in [0.2, 0.25) is 0 Å². The number of Topliss-reactive ketones (excluding diaryl/α,β-unsaturated/α-hetero) is 1. The van der Waals surface area contributed by atoms with Gasteiger partial charge in [-0.05, 0) is 133 Å². The summed E-state index contributed by atoms with van der Waals surface area (Å²) in [4.78, 5) is 57.2. The van der Waals surface area contributed by atoms with E-state index in [0.717, 1.165) is 103 Å². The predicted molar refractivity (Wildman–Crippen MR) is 292 cm³/mol. The highest BCUT2D eigenvalue weighted by Crippen LogP contribution is 2.47. The van der Waals surface area contributed by atoms with Crippen LogP contribution >= 0.6 is 0 Å². The standard InChI is InChI=1S/C63H46N2O8/c1-7-11-44-49-22-23-51-47-14-10-13-46-43(48-20-18-42(33(6)66)59-52(16-15-34(9-3)56(48)59)61(71)64-35-25-37(67)29-38(68)26-35)19-21-50(57(46)47)45(12-8-2)60(51)54(49)31(4)41-17-24-53-55(58(41)44)32(5)62(72)65(63(53)73)36-27-39(69)30-40(70)28-36/h8,11-12,14-30,67-70H,5,7,9H2,1-4,6H3,(H,64,71)/b12-8+,44-11-. The Balaban J connectivity index is 1.17. The number of amides is 3. The van der Waals surface area contributed by atoms with Crippen molar-refractivity contribution in [2.75, 3.05) is 10.2 Å². The molecule has 0 saturated heterocycles. The van der Waals surface area contributed by atoms with Crippen molar-refractivity contribution in [3.8, 4) is 34.1 Å². The molecule has 3 amide bonds. The van der Waals surface area contributed by atoms with Gasteiger partial charge in [0.1, 0.15) is 23.0 Å². The smallest absolute Gasteiger partial charge is 0.265 e. The average Bonchev–Trinajstić information content (AvgIpc) is 3.36. The zero-order chi connectivity index (χ0) is 51.3. The molecule has 10 nitrogen and oxygen atoms in total. The minimum absolute atomic E-state index is 0.0271. The number of allylic oxidation sites excluding steroid dienone is 1. The molecule has 1 heterocycles. The normalized spacial score (nSPS) is 13.1. The van der Waals surface area contributed by atoms with Gasteiger partial charge in [-0.25, -0.2) is 4.90 Å². The number of hydrogen-bond acceptors (Lipinski definition) is 8. The van der Waals surface area contributed by atoms with Gasteiger partial charge in [0.15, 0.2) is 5.78 Å². The lowest BCUT2D eigenvalue weighted by atomic mass is 9.81. The zero-order valence-electron chi connectivity index (χ0n) is 40.5. The van der Waals surface area contributed by atoms with Gasteiger partial charge < -0.3 is 25.7 Å². The Bertz CT molecular complexity index is 4240. The number of nitrogens with one attached hydrogen (secondary N) is 1. The minimum Gasteiger partial charge on any atom is -0.508 e. The van der Waals surface area contributed by atoms with Crippen LogP contribution in [0.15, 0.2) is 116 Å². The molecular formula is C63H46N2O8. The van der Waals surface area contributed by atoms with E-state index >= 15 is 0 Å². The first-order valence-corrected chi connectivity index (χ1v) is 24.0. The number of anilines is 2. The highest BCUT2D eigenvalue weighted by molar-refractivity contribution is 6.43. The number of carbonyl (C=O) groups is 4. The van der Waals surface area contributed by atoms with Gasteiger partial charge in [-0.15, -0.1) is 0 Å². The molecule has 0 unspecified atom stereocenters. The van der Waals surface area contributed by atoms with Crippen LogP contribution in [0.2, 0.25) is 0 Å². The molecule has 0 aliphatic carbocycles. The van der Waals surface area contributed by atoms with Gasteiger partial charge in [-0.1, -0.05) is 99.3 Å². The molecule has 0 bridgehead atoms. The van der Waals surface area contributed by atoms with Crippen molar-refractivity contribution in [1.29, 1.82) is 0 Å². The second-order valence-corrected chi connectivity index (χ2v) is 18.5. The molecule has 0 saturated carbocycles. The summed E-state index contributed by atoms with van der Waals surface area (Å²) in [7, 11) is 0. The van der Waals surface area contributed by atoms with Crippen molar-refractivity contribution in [2.24, 2.45) is 0 Å². The van der Waals surface area contributed by atoms with Crippen LogP contribution in [-0.4, -0.2) is 43.9 Å². The number of nitrogens with zero attached hydrogens (tertiary/aromatic N) is 1. The van der Waals surface area contributed by atoms with E-state index < -0.39 is 17.7 Å². The van der Waals surface area contributed by atoms with E-state index in [-0.39, 0.29) is 56.9 Å². The Morgan fingerprint density at radius 3 is 2.00 bits per heavy atom. The third kappa shape index (κ3) is 6.96. The van der Waals surface area contributed by atoms with E-state index in [2.05, 4.69) is 67.4 Å². The van der Waals surface area contributed by atoms with E-state index in [9.17, 15) is 39.6 Å². The number of aromatic hydroxyl groups is 4. The van der Waals surface area contributed by atoms with Crippen LogP contribution < -0.4 is 15.4 Å². The number of aryl methyl sites for hydroxylation is 2. The van der Waals surface area contributed by atoms with E-state index in [0.29, 0.717) is 29.4 Å². The fourth-order valence-electron chi connectivity index (χ4n) is 11.3. The average molecular weight is 959 g/mol. The summed E-state index contributed by atoms with van der Waals surface area (Å²) < 4.78 is 0. The maximum atomic E-state index is 14.4. The summed E-state index contributed by atoms with van der Waals surface area (Å²) in [6.45, 7) is 13.9. The molecule has 10 aromatic carbocycles. The summed E-state index contributed by atoms with van der Waals surface area (Å²) in [6.07, 6.45) is 7.52. The molecule has 0 aromatic heterocycles. The molecule has 1 aliphatic heterocycles. The number of ketones is 1. The number of phenols is 4. The quantitative estimate of drug-likeness (QED) is 0.0330. The van der Waals surface area contributed by atoms with Crippen molar-refractivity contribution >= 4 is 117 Å². The molecule has 73 heavy (non-hydrogen) atoms. The number of rotatable bonds is 8. The molecule has 1 aliphatic rings. The summed E-state index contributed by atoms with van der Waals surface area (Å²) in [6, 6.07) is 35.7. The van der Waals surface area contributed by atoms with Crippen LogP contribution in [0.3, 0.4) is 0 Å². The van der Waals surface area contributed by atoms with Gasteiger partial charge in [0.05, 0.1) is 5.69 Å². The largest absolute Gasteiger partial charge is 0.508 e. The molecule has 5 N–H and O–H groups in total. The number of imide groups is 1. The van der Waals surface area contributed by atoms with Crippen LogP contribution in [0.4, 0.5) is 11.4 Å². The van der Waals surface area contributed by atoms with Crippen molar-refractivity contribution in [2.45, 2.75) is 47.5 Å². The number of fused-ring (bicyclic) bond motifs is 8. The van der Waals surface area contributed by atoms with Gasteiger partial charge in [-0.2, -0.15) is 0 Å². The monoisotopic (exact) mass is 958 g/mol. The van der Waals surface area contributed by atoms with Gasteiger partial charge in [0.25, 0.3) is 17.7 Å². The Labute approximate surface area is 419 Å². The molecule has 0 radical (unpaired) electrons. The molecule has 10 aromatic rings. The minimum atomic E-state index is -0.659. The Kier molecular flexibility index (Phi) is 10.8. The summed E-state index contributed by atoms with van der Waals surface area (Å²) in [5.41, 5.74) is 6.17. The number of benzene rings is 9. The molecule has 0 fully saturated rings. The number of phenolic OH excluding ortho intramolecular Hbond substituents is 4. The van der Waals surface area contributed by atoms with Crippen LogP contribution in [-0.2, 0) is 11.2 Å². The summed E-state index contributed by atoms with van der Waals surface area (Å²) in [5.74, 6) is -3.02. The molecule has 356 valence electrons. The van der Waals surface area contributed by atoms with E-state index in [1.54, 1.807) is 18.2 Å². The highest BCUT2D eigenvalue weighted by atomic mass is 16.3. The highest BCUT2D eigenvalue weighted by Gasteiger charge is 2.37. The lowest BCUT2D eigenvalue weighted by Crippen LogP contribution is -2.42. The van der Waals surface area contributed by atoms with E-state index in [4.69, 9.17) is 0 Å². The lowest BCUT2D eigenvalue weighted by Gasteiger charge is -2.30. The van der Waals surface area contributed by atoms with Crippen molar-refractivity contribution < 1.29 is 39.6 Å². The Morgan fingerprint density at radius 2 is 1.32 bits per heavy atom. The molecule has 11 rings (SSSR count). The topological polar surface area (TPSA) is 164 Å². The van der Waals surface area contributed by atoms with Crippen LogP contribution in [0.5, 0.6) is 23.0 Å². The van der Waals surface area contributed by atoms with Gasteiger partial charge in [-0.3, -0.25) is 19.2 Å². The first-order valence-electron chi connectivity index (χ1n) is 24.0. The fourth-order valence-corrected chi connectivity index (χ4v) is 11.3. The third-order valence-corrected chi connectivity index (χ3v) is 14.3. The molecule has 0 spiro atoms. The SMILES string of the molecule is C=C1C(=O)N(c2cc(O)cc(O)c2)C(=O)c2ccc3c(C)c4c(ccc5c6cc#cc7c(-c8ccc(C(C)=O)c9c(C(=O)Nc%10cc(O)cc(O)c%10)ccc(CC)c89)ccc(c(/C=C/C)c54)c76)/c(=C/CC)c3c21. The van der Waals surface area contributed by atoms with Crippen molar-refractivity contribution in [3.05, 3.63) is 172 Å². The lowest BCUT2D eigenvalue weighted by molar-refractivity contribution is -0.112. The molecular weight excluding hydrogens is 913 g/mol. The predicted octanol–water partition coefficient (Wildman–Crippen LogP) is 13.2. The summed E-state index contributed by atoms with van der Waals surface area (Å²) in [5, 5.41) is 55.0. The maximum absolute atomic E-state index is 14.4. The third-order valence-electron chi connectivity index (χ3n) is 14.3.